The number of aromatic nitrogens is 3. The maximum Gasteiger partial charge on any atom is 0.240 e. The summed E-state index contributed by atoms with van der Waals surface area (Å²) in [6, 6.07) is 32.1. The van der Waals surface area contributed by atoms with Crippen LogP contribution in [-0.2, 0) is 39.7 Å². The number of hydrogen-bond acceptors (Lipinski definition) is 8. The van der Waals surface area contributed by atoms with Crippen molar-refractivity contribution in [2.75, 3.05) is 5.75 Å². The van der Waals surface area contributed by atoms with Crippen molar-refractivity contribution >= 4 is 21.8 Å². The van der Waals surface area contributed by atoms with E-state index in [1.54, 1.807) is 48.4 Å². The maximum absolute atomic E-state index is 12.7. The van der Waals surface area contributed by atoms with Gasteiger partial charge >= 0.3 is 0 Å². The maximum atomic E-state index is 12.7. The molecule has 0 aliphatic carbocycles. The molecule has 0 spiro atoms. The number of hydrogen-bond donors (Lipinski definition) is 2. The fourth-order valence-electron chi connectivity index (χ4n) is 5.15. The van der Waals surface area contributed by atoms with Crippen molar-refractivity contribution < 1.29 is 23.0 Å². The molecule has 1 aliphatic rings. The minimum atomic E-state index is -3.60. The van der Waals surface area contributed by atoms with E-state index in [1.165, 1.54) is 0 Å². The minimum absolute atomic E-state index is 0.00688. The number of rotatable bonds is 11. The minimum Gasteiger partial charge on any atom is -0.392 e. The Bertz CT molecular complexity index is 1810. The molecule has 45 heavy (non-hydrogen) atoms. The first-order valence-corrected chi connectivity index (χ1v) is 17.1. The smallest absolute Gasteiger partial charge is 0.240 e. The van der Waals surface area contributed by atoms with Gasteiger partial charge in [0.25, 0.3) is 0 Å². The van der Waals surface area contributed by atoms with E-state index in [1.807, 2.05) is 84.4 Å². The molecule has 3 unspecified atom stereocenters. The zero-order valence-electron chi connectivity index (χ0n) is 24.7. The number of benzene rings is 4. The summed E-state index contributed by atoms with van der Waals surface area (Å²) in [6.45, 7) is 0.175. The average molecular weight is 643 g/mol. The zero-order valence-corrected chi connectivity index (χ0v) is 26.3. The van der Waals surface area contributed by atoms with Gasteiger partial charge in [-0.15, -0.1) is 10.2 Å². The number of ether oxygens (including phenoxy) is 2. The molecule has 1 fully saturated rings. The van der Waals surface area contributed by atoms with Crippen LogP contribution >= 0.6 is 11.8 Å². The second kappa shape index (κ2) is 14.1. The fraction of sp³-hybridized carbons (Fsp3) is 0.235. The van der Waals surface area contributed by atoms with Crippen LogP contribution < -0.4 is 4.72 Å². The summed E-state index contributed by atoms with van der Waals surface area (Å²) in [7, 11) is -1.69. The number of sulfonamides is 1. The van der Waals surface area contributed by atoms with Crippen molar-refractivity contribution in [2.45, 2.75) is 48.1 Å². The molecule has 3 atom stereocenters. The van der Waals surface area contributed by atoms with E-state index in [-0.39, 0.29) is 30.3 Å². The molecule has 6 rings (SSSR count). The molecular formula is C34H34N4O5S2. The van der Waals surface area contributed by atoms with E-state index in [2.05, 4.69) is 14.9 Å². The first kappa shape index (κ1) is 31.2. The molecule has 11 heteroatoms. The fourth-order valence-corrected chi connectivity index (χ4v) is 7.09. The van der Waals surface area contributed by atoms with Gasteiger partial charge in [-0.1, -0.05) is 96.7 Å². The molecule has 4 aromatic carbocycles. The molecule has 0 saturated carbocycles. The predicted molar refractivity (Wildman–Crippen MR) is 172 cm³/mol. The Morgan fingerprint density at radius 1 is 0.889 bits per heavy atom. The Labute approximate surface area is 267 Å². The van der Waals surface area contributed by atoms with Crippen LogP contribution in [-0.4, -0.2) is 40.1 Å². The van der Waals surface area contributed by atoms with Crippen LogP contribution in [0.4, 0.5) is 0 Å². The number of nitrogens with zero attached hydrogens (tertiary/aromatic N) is 3. The molecular weight excluding hydrogens is 609 g/mol. The summed E-state index contributed by atoms with van der Waals surface area (Å²) in [6.07, 6.45) is 1.52. The standard InChI is InChI=1S/C34H34N4O5S2/c1-38-23-35-37-34(38)44-22-30-19-32(27-12-10-24(21-39)11-13-27)43-33(42-30)28-16-14-26(15-17-28)29-7-5-6-25(18-29)20-36-45(40,41)31-8-3-2-4-9-31/h2-18,23,30,32-33,36,39H,19-22H2,1H3. The van der Waals surface area contributed by atoms with Crippen molar-refractivity contribution in [1.29, 1.82) is 0 Å². The molecule has 1 aliphatic heterocycles. The summed E-state index contributed by atoms with van der Waals surface area (Å²) in [5, 5.41) is 18.5. The van der Waals surface area contributed by atoms with Crippen LogP contribution in [0.15, 0.2) is 120 Å². The Morgan fingerprint density at radius 2 is 1.64 bits per heavy atom. The zero-order chi connectivity index (χ0) is 31.2. The van der Waals surface area contributed by atoms with Crippen LogP contribution in [0.1, 0.15) is 41.1 Å². The molecule has 5 aromatic rings. The van der Waals surface area contributed by atoms with E-state index < -0.39 is 16.3 Å². The monoisotopic (exact) mass is 642 g/mol. The number of aryl methyl sites for hydroxylation is 1. The van der Waals surface area contributed by atoms with Crippen molar-refractivity contribution in [2.24, 2.45) is 7.05 Å². The Kier molecular flexibility index (Phi) is 9.74. The lowest BCUT2D eigenvalue weighted by atomic mass is 9.99. The van der Waals surface area contributed by atoms with E-state index in [0.29, 0.717) is 12.2 Å². The van der Waals surface area contributed by atoms with Gasteiger partial charge in [0.15, 0.2) is 11.4 Å². The third-order valence-corrected chi connectivity index (χ3v) is 10.2. The highest BCUT2D eigenvalue weighted by Gasteiger charge is 2.32. The SMILES string of the molecule is Cn1cnnc1SCC1CC(c2ccc(CO)cc2)OC(c2ccc(-c3cccc(CNS(=O)(=O)c4ccccc4)c3)cc2)O1. The van der Waals surface area contributed by atoms with Gasteiger partial charge in [0.05, 0.1) is 23.7 Å². The molecule has 1 aromatic heterocycles. The number of thioether (sulfide) groups is 1. The normalized spacial score (nSPS) is 18.6. The summed E-state index contributed by atoms with van der Waals surface area (Å²) in [5.41, 5.74) is 5.61. The molecule has 2 N–H and O–H groups in total. The third kappa shape index (κ3) is 7.70. The number of aliphatic hydroxyl groups is 1. The molecule has 2 heterocycles. The lowest BCUT2D eigenvalue weighted by Crippen LogP contribution is -2.31. The summed E-state index contributed by atoms with van der Waals surface area (Å²) < 4.78 is 42.9. The highest BCUT2D eigenvalue weighted by atomic mass is 32.2. The van der Waals surface area contributed by atoms with E-state index >= 15 is 0 Å². The van der Waals surface area contributed by atoms with Crippen molar-refractivity contribution in [1.82, 2.24) is 19.5 Å². The second-order valence-corrected chi connectivity index (χ2v) is 13.6. The Morgan fingerprint density at radius 3 is 2.36 bits per heavy atom. The van der Waals surface area contributed by atoms with Crippen molar-refractivity contribution in [3.05, 3.63) is 132 Å². The van der Waals surface area contributed by atoms with Crippen LogP contribution in [0, 0.1) is 0 Å². The third-order valence-electron chi connectivity index (χ3n) is 7.65. The highest BCUT2D eigenvalue weighted by molar-refractivity contribution is 7.99. The molecule has 0 radical (unpaired) electrons. The van der Waals surface area contributed by atoms with E-state index in [4.69, 9.17) is 9.47 Å². The van der Waals surface area contributed by atoms with Crippen LogP contribution in [0.3, 0.4) is 0 Å². The van der Waals surface area contributed by atoms with Gasteiger partial charge in [0.2, 0.25) is 10.0 Å². The quantitative estimate of drug-likeness (QED) is 0.174. The van der Waals surface area contributed by atoms with Crippen molar-refractivity contribution in [3.8, 4) is 11.1 Å². The predicted octanol–water partition coefficient (Wildman–Crippen LogP) is 5.79. The Hall–Kier alpha value is -3.84. The Balaban J connectivity index is 1.17. The molecule has 0 bridgehead atoms. The van der Waals surface area contributed by atoms with E-state index in [9.17, 15) is 13.5 Å². The van der Waals surface area contributed by atoms with Gasteiger partial charge in [-0.3, -0.25) is 0 Å². The molecule has 232 valence electrons. The molecule has 9 nitrogen and oxygen atoms in total. The molecule has 0 amide bonds. The largest absolute Gasteiger partial charge is 0.392 e. The van der Waals surface area contributed by atoms with Gasteiger partial charge in [-0.25, -0.2) is 13.1 Å². The van der Waals surface area contributed by atoms with Crippen LogP contribution in [0.5, 0.6) is 0 Å². The first-order chi connectivity index (χ1) is 21.9. The molecule has 1 saturated heterocycles. The van der Waals surface area contributed by atoms with Gasteiger partial charge in [0.1, 0.15) is 6.33 Å². The van der Waals surface area contributed by atoms with Crippen LogP contribution in [0.25, 0.3) is 11.1 Å². The topological polar surface area (TPSA) is 116 Å². The van der Waals surface area contributed by atoms with Gasteiger partial charge < -0.3 is 19.1 Å². The summed E-state index contributed by atoms with van der Waals surface area (Å²) in [4.78, 5) is 0.239. The van der Waals surface area contributed by atoms with Crippen molar-refractivity contribution in [3.63, 3.8) is 0 Å². The van der Waals surface area contributed by atoms with E-state index in [0.717, 1.165) is 38.5 Å². The summed E-state index contributed by atoms with van der Waals surface area (Å²) >= 11 is 1.60. The highest BCUT2D eigenvalue weighted by Crippen LogP contribution is 2.39. The summed E-state index contributed by atoms with van der Waals surface area (Å²) in [5.74, 6) is 0.691. The average Bonchev–Trinajstić information content (AvgIpc) is 3.51. The number of aliphatic hydroxyl groups excluding tert-OH is 1. The lowest BCUT2D eigenvalue weighted by molar-refractivity contribution is -0.245. The first-order valence-electron chi connectivity index (χ1n) is 14.6. The second-order valence-electron chi connectivity index (χ2n) is 10.8. The lowest BCUT2D eigenvalue weighted by Gasteiger charge is -2.36. The number of nitrogens with one attached hydrogen (secondary N) is 1. The van der Waals surface area contributed by atoms with Gasteiger partial charge in [-0.05, 0) is 46.0 Å². The van der Waals surface area contributed by atoms with Crippen LogP contribution in [0.2, 0.25) is 0 Å². The van der Waals surface area contributed by atoms with Gasteiger partial charge in [0, 0.05) is 31.3 Å². The van der Waals surface area contributed by atoms with Gasteiger partial charge in [-0.2, -0.15) is 0 Å².